The third-order valence-electron chi connectivity index (χ3n) is 2.24. The Bertz CT molecular complexity index is 476. The van der Waals surface area contributed by atoms with Crippen molar-refractivity contribution in [2.24, 2.45) is 15.8 Å². The highest BCUT2D eigenvalue weighted by Gasteiger charge is 2.10. The standard InChI is InChI=1S/C11H12F2N4O/c12-10(13)18-9-4-1-3-8(7-9)16-11(14)17-6-2-5-15-17/h1,3-5,7,10H,2,6H2,(H2,14,16). The fourth-order valence-corrected chi connectivity index (χ4v) is 1.49. The second-order valence-corrected chi connectivity index (χ2v) is 3.56. The number of nitrogens with two attached hydrogens (primary N) is 1. The Labute approximate surface area is 103 Å². The predicted molar refractivity (Wildman–Crippen MR) is 64.2 cm³/mol. The summed E-state index contributed by atoms with van der Waals surface area (Å²) in [7, 11) is 0. The maximum Gasteiger partial charge on any atom is 0.387 e. The fraction of sp³-hybridized carbons (Fsp3) is 0.273. The molecular weight excluding hydrogens is 242 g/mol. The van der Waals surface area contributed by atoms with Crippen LogP contribution in [0.2, 0.25) is 0 Å². The van der Waals surface area contributed by atoms with Crippen LogP contribution in [0.15, 0.2) is 34.4 Å². The Hall–Kier alpha value is -2.18. The number of rotatable bonds is 3. The number of hydrazone groups is 1. The number of guanidine groups is 1. The van der Waals surface area contributed by atoms with Gasteiger partial charge in [0.1, 0.15) is 5.75 Å². The molecule has 0 unspecified atom stereocenters. The van der Waals surface area contributed by atoms with E-state index in [0.29, 0.717) is 12.2 Å². The van der Waals surface area contributed by atoms with Crippen LogP contribution >= 0.6 is 0 Å². The third kappa shape index (κ3) is 3.16. The summed E-state index contributed by atoms with van der Waals surface area (Å²) < 4.78 is 28.4. The Morgan fingerprint density at radius 3 is 3.00 bits per heavy atom. The second-order valence-electron chi connectivity index (χ2n) is 3.56. The summed E-state index contributed by atoms with van der Waals surface area (Å²) in [6, 6.07) is 6.02. The predicted octanol–water partition coefficient (Wildman–Crippen LogP) is 1.93. The lowest BCUT2D eigenvalue weighted by atomic mass is 10.3. The highest BCUT2D eigenvalue weighted by atomic mass is 19.3. The molecule has 2 rings (SSSR count). The van der Waals surface area contributed by atoms with Gasteiger partial charge in [-0.15, -0.1) is 0 Å². The van der Waals surface area contributed by atoms with Gasteiger partial charge >= 0.3 is 6.61 Å². The molecule has 1 aromatic rings. The first-order valence-electron chi connectivity index (χ1n) is 5.34. The van der Waals surface area contributed by atoms with Gasteiger partial charge in [0.05, 0.1) is 5.69 Å². The van der Waals surface area contributed by atoms with Crippen LogP contribution in [0.4, 0.5) is 14.5 Å². The van der Waals surface area contributed by atoms with Crippen molar-refractivity contribution >= 4 is 17.9 Å². The molecule has 0 aliphatic carbocycles. The maximum atomic E-state index is 12.1. The van der Waals surface area contributed by atoms with Gasteiger partial charge in [0, 0.05) is 25.2 Å². The first-order valence-corrected chi connectivity index (χ1v) is 5.34. The molecule has 0 fully saturated rings. The Kier molecular flexibility index (Phi) is 3.71. The summed E-state index contributed by atoms with van der Waals surface area (Å²) in [5.74, 6) is 0.266. The molecule has 0 radical (unpaired) electrons. The molecule has 0 saturated heterocycles. The number of nitrogens with zero attached hydrogens (tertiary/aromatic N) is 3. The summed E-state index contributed by atoms with van der Waals surface area (Å²) in [5.41, 5.74) is 6.17. The molecule has 18 heavy (non-hydrogen) atoms. The fourth-order valence-electron chi connectivity index (χ4n) is 1.49. The minimum Gasteiger partial charge on any atom is -0.435 e. The van der Waals surface area contributed by atoms with Gasteiger partial charge in [-0.05, 0) is 12.1 Å². The first kappa shape index (κ1) is 12.3. The van der Waals surface area contributed by atoms with Crippen LogP contribution in [0.3, 0.4) is 0 Å². The van der Waals surface area contributed by atoms with Crippen molar-refractivity contribution in [3.05, 3.63) is 24.3 Å². The molecule has 5 nitrogen and oxygen atoms in total. The molecule has 0 atom stereocenters. The van der Waals surface area contributed by atoms with Gasteiger partial charge < -0.3 is 10.5 Å². The first-order chi connectivity index (χ1) is 8.65. The van der Waals surface area contributed by atoms with E-state index in [2.05, 4.69) is 14.8 Å². The van der Waals surface area contributed by atoms with Crippen LogP contribution < -0.4 is 10.5 Å². The molecule has 0 spiro atoms. The lowest BCUT2D eigenvalue weighted by Crippen LogP contribution is -2.31. The summed E-state index contributed by atoms with van der Waals surface area (Å²) >= 11 is 0. The van der Waals surface area contributed by atoms with E-state index in [1.54, 1.807) is 23.4 Å². The van der Waals surface area contributed by atoms with E-state index in [-0.39, 0.29) is 11.7 Å². The van der Waals surface area contributed by atoms with Gasteiger partial charge in [-0.1, -0.05) is 6.07 Å². The van der Waals surface area contributed by atoms with Crippen LogP contribution in [-0.4, -0.2) is 30.3 Å². The number of hydrogen-bond acceptors (Lipinski definition) is 3. The largest absolute Gasteiger partial charge is 0.435 e. The van der Waals surface area contributed by atoms with Crippen molar-refractivity contribution < 1.29 is 13.5 Å². The van der Waals surface area contributed by atoms with Gasteiger partial charge in [0.25, 0.3) is 0 Å². The number of hydrogen-bond donors (Lipinski definition) is 1. The zero-order valence-electron chi connectivity index (χ0n) is 9.46. The SMILES string of the molecule is NC(=Nc1cccc(OC(F)F)c1)N1CCC=N1. The van der Waals surface area contributed by atoms with Gasteiger partial charge in [-0.2, -0.15) is 13.9 Å². The quantitative estimate of drug-likeness (QED) is 0.662. The van der Waals surface area contributed by atoms with E-state index in [1.807, 2.05) is 0 Å². The maximum absolute atomic E-state index is 12.1. The molecule has 0 bridgehead atoms. The third-order valence-corrected chi connectivity index (χ3v) is 2.24. The van der Waals surface area contributed by atoms with E-state index in [4.69, 9.17) is 5.73 Å². The van der Waals surface area contributed by atoms with Crippen LogP contribution in [0.1, 0.15) is 6.42 Å². The van der Waals surface area contributed by atoms with E-state index in [0.717, 1.165) is 6.42 Å². The van der Waals surface area contributed by atoms with Crippen LogP contribution in [-0.2, 0) is 0 Å². The molecular formula is C11H12F2N4O. The Morgan fingerprint density at radius 1 is 1.50 bits per heavy atom. The number of benzene rings is 1. The molecule has 1 heterocycles. The number of ether oxygens (including phenoxy) is 1. The molecule has 2 N–H and O–H groups in total. The van der Waals surface area contributed by atoms with Gasteiger partial charge in [-0.25, -0.2) is 10.0 Å². The highest BCUT2D eigenvalue weighted by molar-refractivity contribution is 5.83. The molecule has 7 heteroatoms. The Morgan fingerprint density at radius 2 is 2.33 bits per heavy atom. The van der Waals surface area contributed by atoms with Crippen molar-refractivity contribution in [3.63, 3.8) is 0 Å². The monoisotopic (exact) mass is 254 g/mol. The van der Waals surface area contributed by atoms with E-state index >= 15 is 0 Å². The van der Waals surface area contributed by atoms with Crippen molar-refractivity contribution in [3.8, 4) is 5.75 Å². The van der Waals surface area contributed by atoms with Crippen molar-refractivity contribution in [2.75, 3.05) is 6.54 Å². The van der Waals surface area contributed by atoms with E-state index in [1.165, 1.54) is 12.1 Å². The van der Waals surface area contributed by atoms with Crippen LogP contribution in [0, 0.1) is 0 Å². The number of halogens is 2. The summed E-state index contributed by atoms with van der Waals surface area (Å²) in [6.45, 7) is -2.19. The highest BCUT2D eigenvalue weighted by Crippen LogP contribution is 2.21. The summed E-state index contributed by atoms with van der Waals surface area (Å²) in [5, 5.41) is 5.55. The van der Waals surface area contributed by atoms with E-state index < -0.39 is 6.61 Å². The van der Waals surface area contributed by atoms with Crippen molar-refractivity contribution in [1.82, 2.24) is 5.01 Å². The topological polar surface area (TPSA) is 63.2 Å². The van der Waals surface area contributed by atoms with Crippen LogP contribution in [0.25, 0.3) is 0 Å². The molecule has 1 aliphatic heterocycles. The number of aliphatic imine (C=N–C) groups is 1. The summed E-state index contributed by atoms with van der Waals surface area (Å²) in [4.78, 5) is 4.09. The lowest BCUT2D eigenvalue weighted by molar-refractivity contribution is -0.0498. The summed E-state index contributed by atoms with van der Waals surface area (Å²) in [6.07, 6.45) is 2.55. The van der Waals surface area contributed by atoms with Crippen LogP contribution in [0.5, 0.6) is 5.75 Å². The van der Waals surface area contributed by atoms with Crippen molar-refractivity contribution in [1.29, 1.82) is 0 Å². The minimum absolute atomic E-state index is 0.0453. The minimum atomic E-state index is -2.86. The van der Waals surface area contributed by atoms with E-state index in [9.17, 15) is 8.78 Å². The second kappa shape index (κ2) is 5.44. The number of alkyl halides is 2. The average molecular weight is 254 g/mol. The van der Waals surface area contributed by atoms with Gasteiger partial charge in [-0.3, -0.25) is 0 Å². The van der Waals surface area contributed by atoms with Gasteiger partial charge in [0.15, 0.2) is 0 Å². The zero-order chi connectivity index (χ0) is 13.0. The molecule has 0 aromatic heterocycles. The Balaban J connectivity index is 2.12. The lowest BCUT2D eigenvalue weighted by Gasteiger charge is -2.12. The van der Waals surface area contributed by atoms with Gasteiger partial charge in [0.2, 0.25) is 5.96 Å². The van der Waals surface area contributed by atoms with Crippen molar-refractivity contribution in [2.45, 2.75) is 13.0 Å². The molecule has 96 valence electrons. The molecule has 1 aromatic carbocycles. The normalized spacial score (nSPS) is 15.5. The zero-order valence-corrected chi connectivity index (χ0v) is 9.46. The molecule has 0 saturated carbocycles. The molecule has 0 amide bonds. The smallest absolute Gasteiger partial charge is 0.387 e. The molecule has 1 aliphatic rings. The average Bonchev–Trinajstić information content (AvgIpc) is 2.81.